The topological polar surface area (TPSA) is 88.6 Å². The zero-order valence-corrected chi connectivity index (χ0v) is 17.2. The number of aromatic nitrogens is 4. The molecule has 0 spiro atoms. The first-order valence-corrected chi connectivity index (χ1v) is 10.1. The first kappa shape index (κ1) is 22.0. The normalized spacial score (nSPS) is 15.1. The SMILES string of the molecule is Cn1cnc2c(-c3cc(F)c(OCCC4CCNCC4)c(C(F)(F)F)c3)nc(C#N)nc21. The molecule has 0 amide bonds. The maximum Gasteiger partial charge on any atom is 0.420 e. The molecule has 1 fully saturated rings. The van der Waals surface area contributed by atoms with Gasteiger partial charge in [-0.15, -0.1) is 0 Å². The minimum Gasteiger partial charge on any atom is -0.490 e. The summed E-state index contributed by atoms with van der Waals surface area (Å²) in [4.78, 5) is 12.1. The number of alkyl halides is 3. The molecule has 1 aromatic carbocycles. The summed E-state index contributed by atoms with van der Waals surface area (Å²) >= 11 is 0. The zero-order chi connectivity index (χ0) is 22.9. The summed E-state index contributed by atoms with van der Waals surface area (Å²) in [7, 11) is 1.62. The maximum atomic E-state index is 14.9. The van der Waals surface area contributed by atoms with Gasteiger partial charge < -0.3 is 14.6 Å². The number of ether oxygens (including phenoxy) is 1. The molecule has 1 aliphatic heterocycles. The predicted octanol–water partition coefficient (Wildman–Crippen LogP) is 3.83. The quantitative estimate of drug-likeness (QED) is 0.597. The van der Waals surface area contributed by atoms with Crippen molar-refractivity contribution in [3.05, 3.63) is 35.7 Å². The van der Waals surface area contributed by atoms with E-state index in [0.717, 1.165) is 38.1 Å². The number of benzene rings is 1. The lowest BCUT2D eigenvalue weighted by Gasteiger charge is -2.23. The zero-order valence-electron chi connectivity index (χ0n) is 17.2. The average molecular weight is 448 g/mol. The van der Waals surface area contributed by atoms with Crippen LogP contribution in [0.15, 0.2) is 18.5 Å². The number of nitrogens with zero attached hydrogens (tertiary/aromatic N) is 5. The van der Waals surface area contributed by atoms with E-state index in [1.807, 2.05) is 0 Å². The van der Waals surface area contributed by atoms with Gasteiger partial charge in [0.2, 0.25) is 5.82 Å². The van der Waals surface area contributed by atoms with Gasteiger partial charge in [0, 0.05) is 12.6 Å². The number of hydrogen-bond acceptors (Lipinski definition) is 6. The van der Waals surface area contributed by atoms with E-state index in [9.17, 15) is 22.8 Å². The summed E-state index contributed by atoms with van der Waals surface area (Å²) in [6.45, 7) is 1.70. The standard InChI is InChI=1S/C21H20F4N6O/c1-31-11-28-18-17(29-16(10-26)30-20(18)31)13-8-14(21(23,24)25)19(15(22)9-13)32-7-4-12-2-5-27-6-3-12/h8-9,11-12,27H,2-7H2,1H3. The fraction of sp³-hybridized carbons (Fsp3) is 0.429. The molecule has 1 N–H and O–H groups in total. The molecule has 0 atom stereocenters. The van der Waals surface area contributed by atoms with E-state index >= 15 is 0 Å². The van der Waals surface area contributed by atoms with E-state index in [2.05, 4.69) is 20.3 Å². The van der Waals surface area contributed by atoms with Gasteiger partial charge in [-0.1, -0.05) is 0 Å². The highest BCUT2D eigenvalue weighted by molar-refractivity contribution is 5.88. The Morgan fingerprint density at radius 3 is 2.69 bits per heavy atom. The van der Waals surface area contributed by atoms with E-state index in [4.69, 9.17) is 4.74 Å². The molecule has 32 heavy (non-hydrogen) atoms. The smallest absolute Gasteiger partial charge is 0.420 e. The molecule has 0 unspecified atom stereocenters. The number of aryl methyl sites for hydroxylation is 1. The van der Waals surface area contributed by atoms with Crippen LogP contribution in [-0.2, 0) is 13.2 Å². The molecule has 0 bridgehead atoms. The van der Waals surface area contributed by atoms with Gasteiger partial charge in [-0.25, -0.2) is 14.4 Å². The van der Waals surface area contributed by atoms with Gasteiger partial charge in [0.1, 0.15) is 22.8 Å². The molecule has 1 aliphatic rings. The third-order valence-electron chi connectivity index (χ3n) is 5.51. The Labute approximate surface area is 181 Å². The van der Waals surface area contributed by atoms with Crippen LogP contribution >= 0.6 is 0 Å². The summed E-state index contributed by atoms with van der Waals surface area (Å²) in [5, 5.41) is 12.4. The highest BCUT2D eigenvalue weighted by atomic mass is 19.4. The third kappa shape index (κ3) is 4.36. The molecular formula is C21H20F4N6O. The van der Waals surface area contributed by atoms with Gasteiger partial charge in [0.05, 0.1) is 12.9 Å². The van der Waals surface area contributed by atoms with Crippen LogP contribution in [0, 0.1) is 23.1 Å². The number of piperidine rings is 1. The number of fused-ring (bicyclic) bond motifs is 1. The number of hydrogen-bond donors (Lipinski definition) is 1. The van der Waals surface area contributed by atoms with E-state index in [1.165, 1.54) is 10.9 Å². The molecule has 2 aromatic heterocycles. The highest BCUT2D eigenvalue weighted by Gasteiger charge is 2.37. The van der Waals surface area contributed by atoms with Gasteiger partial charge in [-0.05, 0) is 50.4 Å². The van der Waals surface area contributed by atoms with Gasteiger partial charge in [-0.2, -0.15) is 23.4 Å². The van der Waals surface area contributed by atoms with Crippen LogP contribution in [0.2, 0.25) is 0 Å². The van der Waals surface area contributed by atoms with Crippen molar-refractivity contribution < 1.29 is 22.3 Å². The largest absolute Gasteiger partial charge is 0.490 e. The van der Waals surface area contributed by atoms with Crippen LogP contribution in [0.25, 0.3) is 22.4 Å². The Morgan fingerprint density at radius 2 is 2.00 bits per heavy atom. The van der Waals surface area contributed by atoms with E-state index in [0.29, 0.717) is 12.3 Å². The summed E-state index contributed by atoms with van der Waals surface area (Å²) in [5.41, 5.74) is -1.04. The number of imidazole rings is 1. The Hall–Kier alpha value is -3.26. The van der Waals surface area contributed by atoms with Gasteiger partial charge in [0.25, 0.3) is 0 Å². The van der Waals surface area contributed by atoms with Crippen LogP contribution in [0.4, 0.5) is 17.6 Å². The Morgan fingerprint density at radius 1 is 1.25 bits per heavy atom. The second-order valence-electron chi connectivity index (χ2n) is 7.70. The van der Waals surface area contributed by atoms with Crippen molar-refractivity contribution >= 4 is 11.2 Å². The monoisotopic (exact) mass is 448 g/mol. The molecule has 3 aromatic rings. The fourth-order valence-electron chi connectivity index (χ4n) is 3.84. The molecule has 0 saturated carbocycles. The van der Waals surface area contributed by atoms with Crippen LogP contribution < -0.4 is 10.1 Å². The summed E-state index contributed by atoms with van der Waals surface area (Å²) in [5.74, 6) is -1.91. The van der Waals surface area contributed by atoms with E-state index in [1.54, 1.807) is 13.1 Å². The first-order chi connectivity index (χ1) is 15.3. The van der Waals surface area contributed by atoms with Gasteiger partial charge in [-0.3, -0.25) is 0 Å². The maximum absolute atomic E-state index is 14.9. The van der Waals surface area contributed by atoms with E-state index in [-0.39, 0.29) is 34.9 Å². The van der Waals surface area contributed by atoms with Crippen LogP contribution in [0.5, 0.6) is 5.75 Å². The van der Waals surface area contributed by atoms with Crippen molar-refractivity contribution in [2.45, 2.75) is 25.4 Å². The number of rotatable bonds is 5. The van der Waals surface area contributed by atoms with Crippen LogP contribution in [-0.4, -0.2) is 39.2 Å². The molecule has 1 saturated heterocycles. The van der Waals surface area contributed by atoms with Crippen LogP contribution in [0.1, 0.15) is 30.7 Å². The second-order valence-corrected chi connectivity index (χ2v) is 7.70. The summed E-state index contributed by atoms with van der Waals surface area (Å²) in [6, 6.07) is 3.47. The fourth-order valence-corrected chi connectivity index (χ4v) is 3.84. The van der Waals surface area contributed by atoms with Gasteiger partial charge in [0.15, 0.2) is 17.2 Å². The molecule has 11 heteroatoms. The minimum absolute atomic E-state index is 0.0133. The average Bonchev–Trinajstić information content (AvgIpc) is 3.14. The lowest BCUT2D eigenvalue weighted by molar-refractivity contribution is -0.139. The first-order valence-electron chi connectivity index (χ1n) is 10.1. The Bertz CT molecular complexity index is 1180. The molecule has 3 heterocycles. The Kier molecular flexibility index (Phi) is 5.97. The van der Waals surface area contributed by atoms with Crippen molar-refractivity contribution in [3.63, 3.8) is 0 Å². The minimum atomic E-state index is -4.85. The lowest BCUT2D eigenvalue weighted by Crippen LogP contribution is -2.28. The lowest BCUT2D eigenvalue weighted by atomic mass is 9.95. The van der Waals surface area contributed by atoms with Crippen molar-refractivity contribution in [1.29, 1.82) is 5.26 Å². The highest BCUT2D eigenvalue weighted by Crippen LogP contribution is 2.41. The molecule has 4 rings (SSSR count). The number of nitrogens with one attached hydrogen (secondary N) is 1. The molecular weight excluding hydrogens is 428 g/mol. The van der Waals surface area contributed by atoms with Crippen molar-refractivity contribution in [2.75, 3.05) is 19.7 Å². The predicted molar refractivity (Wildman–Crippen MR) is 107 cm³/mol. The molecule has 0 radical (unpaired) electrons. The van der Waals surface area contributed by atoms with Crippen molar-refractivity contribution in [3.8, 4) is 23.1 Å². The van der Waals surface area contributed by atoms with Gasteiger partial charge >= 0.3 is 6.18 Å². The summed E-state index contributed by atoms with van der Waals surface area (Å²) in [6.07, 6.45) is -1.09. The van der Waals surface area contributed by atoms with E-state index < -0.39 is 23.3 Å². The molecule has 168 valence electrons. The molecule has 7 nitrogen and oxygen atoms in total. The Balaban J connectivity index is 1.72. The molecule has 0 aliphatic carbocycles. The summed E-state index contributed by atoms with van der Waals surface area (Å²) < 4.78 is 63.1. The number of halogens is 4. The van der Waals surface area contributed by atoms with Crippen molar-refractivity contribution in [2.24, 2.45) is 13.0 Å². The third-order valence-corrected chi connectivity index (χ3v) is 5.51. The second kappa shape index (κ2) is 8.70. The van der Waals surface area contributed by atoms with Crippen molar-refractivity contribution in [1.82, 2.24) is 24.8 Å². The number of nitriles is 1. The van der Waals surface area contributed by atoms with Crippen LogP contribution in [0.3, 0.4) is 0 Å².